The molecule has 0 aliphatic carbocycles. The van der Waals surface area contributed by atoms with Crippen molar-refractivity contribution in [2.75, 3.05) is 5.32 Å². The minimum absolute atomic E-state index is 0. The van der Waals surface area contributed by atoms with E-state index in [1.165, 1.54) is 11.1 Å². The Morgan fingerprint density at radius 1 is 0.952 bits per heavy atom. The first-order chi connectivity index (χ1) is 9.70. The number of aryl methyl sites for hydroxylation is 2. The molecule has 0 atom stereocenters. The smallest absolute Gasteiger partial charge is 0.187 e. The molecular formula is C17H17BrN2S. The average molecular weight is 361 g/mol. The van der Waals surface area contributed by atoms with Crippen molar-refractivity contribution in [1.29, 1.82) is 0 Å². The van der Waals surface area contributed by atoms with E-state index in [2.05, 4.69) is 72.0 Å². The fourth-order valence-corrected chi connectivity index (χ4v) is 2.77. The number of benzene rings is 2. The van der Waals surface area contributed by atoms with Crippen molar-refractivity contribution in [1.82, 2.24) is 4.98 Å². The van der Waals surface area contributed by atoms with E-state index in [0.717, 1.165) is 22.1 Å². The number of halogens is 1. The first kappa shape index (κ1) is 15.7. The molecule has 0 amide bonds. The van der Waals surface area contributed by atoms with E-state index in [0.29, 0.717) is 0 Å². The SMILES string of the molecule is Br.Cc1ccc(-c2csc(Nc3cccc(C)c3)n2)cc1. The lowest BCUT2D eigenvalue weighted by molar-refractivity contribution is 1.37. The summed E-state index contributed by atoms with van der Waals surface area (Å²) >= 11 is 1.63. The molecule has 0 saturated heterocycles. The standard InChI is InChI=1S/C17H16N2S.BrH/c1-12-6-8-14(9-7-12)16-11-20-17(19-16)18-15-5-3-4-13(2)10-15;/h3-11H,1-2H3,(H,18,19);1H. The summed E-state index contributed by atoms with van der Waals surface area (Å²) in [6, 6.07) is 16.8. The monoisotopic (exact) mass is 360 g/mol. The van der Waals surface area contributed by atoms with Gasteiger partial charge in [-0.2, -0.15) is 0 Å². The van der Waals surface area contributed by atoms with E-state index in [4.69, 9.17) is 0 Å². The molecule has 0 aliphatic heterocycles. The molecule has 2 nitrogen and oxygen atoms in total. The highest BCUT2D eigenvalue weighted by Crippen LogP contribution is 2.27. The Bertz CT molecular complexity index is 720. The third-order valence-electron chi connectivity index (χ3n) is 3.12. The summed E-state index contributed by atoms with van der Waals surface area (Å²) in [6.45, 7) is 4.18. The lowest BCUT2D eigenvalue weighted by Crippen LogP contribution is -1.89. The maximum Gasteiger partial charge on any atom is 0.187 e. The van der Waals surface area contributed by atoms with Crippen LogP contribution in [0, 0.1) is 13.8 Å². The Kier molecular flexibility index (Phi) is 5.15. The van der Waals surface area contributed by atoms with Crippen LogP contribution >= 0.6 is 28.3 Å². The molecule has 3 rings (SSSR count). The second-order valence-electron chi connectivity index (χ2n) is 4.90. The largest absolute Gasteiger partial charge is 0.332 e. The molecule has 2 aromatic carbocycles. The minimum Gasteiger partial charge on any atom is -0.332 e. The molecule has 0 aliphatic rings. The summed E-state index contributed by atoms with van der Waals surface area (Å²) in [5, 5.41) is 6.36. The van der Waals surface area contributed by atoms with Gasteiger partial charge in [-0.05, 0) is 31.5 Å². The quantitative estimate of drug-likeness (QED) is 0.643. The Hall–Kier alpha value is -1.65. The van der Waals surface area contributed by atoms with Gasteiger partial charge < -0.3 is 5.32 Å². The molecule has 4 heteroatoms. The Morgan fingerprint density at radius 3 is 2.43 bits per heavy atom. The highest BCUT2D eigenvalue weighted by molar-refractivity contribution is 8.93. The van der Waals surface area contributed by atoms with Crippen molar-refractivity contribution in [3.8, 4) is 11.3 Å². The lowest BCUT2D eigenvalue weighted by atomic mass is 10.1. The van der Waals surface area contributed by atoms with Crippen molar-refractivity contribution in [3.63, 3.8) is 0 Å². The van der Waals surface area contributed by atoms with Gasteiger partial charge in [-0.3, -0.25) is 0 Å². The third kappa shape index (κ3) is 3.93. The zero-order chi connectivity index (χ0) is 13.9. The summed E-state index contributed by atoms with van der Waals surface area (Å²) in [7, 11) is 0. The molecular weight excluding hydrogens is 344 g/mol. The number of nitrogens with one attached hydrogen (secondary N) is 1. The van der Waals surface area contributed by atoms with Crippen molar-refractivity contribution in [2.45, 2.75) is 13.8 Å². The number of rotatable bonds is 3. The van der Waals surface area contributed by atoms with E-state index in [1.54, 1.807) is 11.3 Å². The molecule has 0 saturated carbocycles. The summed E-state index contributed by atoms with van der Waals surface area (Å²) in [5.74, 6) is 0. The average Bonchev–Trinajstić information content (AvgIpc) is 2.88. The van der Waals surface area contributed by atoms with Crippen LogP contribution in [0.4, 0.5) is 10.8 Å². The summed E-state index contributed by atoms with van der Waals surface area (Å²) in [6.07, 6.45) is 0. The van der Waals surface area contributed by atoms with Gasteiger partial charge in [0.2, 0.25) is 0 Å². The van der Waals surface area contributed by atoms with E-state index in [9.17, 15) is 0 Å². The van der Waals surface area contributed by atoms with Crippen LogP contribution in [-0.4, -0.2) is 4.98 Å². The minimum atomic E-state index is 0. The van der Waals surface area contributed by atoms with E-state index in [-0.39, 0.29) is 17.0 Å². The summed E-state index contributed by atoms with van der Waals surface area (Å²) in [4.78, 5) is 4.64. The molecule has 0 unspecified atom stereocenters. The van der Waals surface area contributed by atoms with Gasteiger partial charge in [0.15, 0.2) is 5.13 Å². The van der Waals surface area contributed by atoms with Crippen molar-refractivity contribution >= 4 is 39.1 Å². The first-order valence-electron chi connectivity index (χ1n) is 6.57. The molecule has 1 aromatic heterocycles. The van der Waals surface area contributed by atoms with Crippen LogP contribution in [0.2, 0.25) is 0 Å². The van der Waals surface area contributed by atoms with E-state index in [1.807, 2.05) is 6.07 Å². The van der Waals surface area contributed by atoms with Crippen molar-refractivity contribution in [3.05, 3.63) is 65.0 Å². The number of anilines is 2. The van der Waals surface area contributed by atoms with Crippen LogP contribution in [0.1, 0.15) is 11.1 Å². The first-order valence-corrected chi connectivity index (χ1v) is 7.45. The summed E-state index contributed by atoms with van der Waals surface area (Å²) in [5.41, 5.74) is 5.76. The van der Waals surface area contributed by atoms with Gasteiger partial charge in [-0.15, -0.1) is 28.3 Å². The second kappa shape index (κ2) is 6.87. The number of aromatic nitrogens is 1. The molecule has 0 radical (unpaired) electrons. The molecule has 3 aromatic rings. The highest BCUT2D eigenvalue weighted by Gasteiger charge is 2.04. The molecule has 108 valence electrons. The van der Waals surface area contributed by atoms with Crippen LogP contribution in [0.15, 0.2) is 53.9 Å². The number of thiazole rings is 1. The number of hydrogen-bond donors (Lipinski definition) is 1. The Balaban J connectivity index is 0.00000161. The summed E-state index contributed by atoms with van der Waals surface area (Å²) < 4.78 is 0. The molecule has 0 bridgehead atoms. The zero-order valence-corrected chi connectivity index (χ0v) is 14.5. The van der Waals surface area contributed by atoms with Gasteiger partial charge in [0.25, 0.3) is 0 Å². The lowest BCUT2D eigenvalue weighted by Gasteiger charge is -2.03. The van der Waals surface area contributed by atoms with E-state index < -0.39 is 0 Å². The second-order valence-corrected chi connectivity index (χ2v) is 5.76. The van der Waals surface area contributed by atoms with Crippen LogP contribution in [-0.2, 0) is 0 Å². The molecule has 1 heterocycles. The maximum absolute atomic E-state index is 4.64. The van der Waals surface area contributed by atoms with Crippen molar-refractivity contribution < 1.29 is 0 Å². The van der Waals surface area contributed by atoms with Crippen LogP contribution in [0.5, 0.6) is 0 Å². The Labute approximate surface area is 139 Å². The normalized spacial score (nSPS) is 10.0. The predicted octanol–water partition coefficient (Wildman–Crippen LogP) is 5.75. The Morgan fingerprint density at radius 2 is 1.71 bits per heavy atom. The molecule has 1 N–H and O–H groups in total. The number of nitrogens with zero attached hydrogens (tertiary/aromatic N) is 1. The van der Waals surface area contributed by atoms with E-state index >= 15 is 0 Å². The van der Waals surface area contributed by atoms with Gasteiger partial charge >= 0.3 is 0 Å². The molecule has 0 spiro atoms. The van der Waals surface area contributed by atoms with Crippen LogP contribution < -0.4 is 5.32 Å². The topological polar surface area (TPSA) is 24.9 Å². The fourth-order valence-electron chi connectivity index (χ4n) is 2.03. The van der Waals surface area contributed by atoms with Crippen molar-refractivity contribution in [2.24, 2.45) is 0 Å². The molecule has 0 fully saturated rings. The van der Waals surface area contributed by atoms with Crippen LogP contribution in [0.3, 0.4) is 0 Å². The zero-order valence-electron chi connectivity index (χ0n) is 12.0. The van der Waals surface area contributed by atoms with Gasteiger partial charge in [0, 0.05) is 16.6 Å². The van der Waals surface area contributed by atoms with Gasteiger partial charge in [-0.25, -0.2) is 4.98 Å². The van der Waals surface area contributed by atoms with Gasteiger partial charge in [0.05, 0.1) is 5.69 Å². The van der Waals surface area contributed by atoms with Gasteiger partial charge in [0.1, 0.15) is 0 Å². The maximum atomic E-state index is 4.64. The highest BCUT2D eigenvalue weighted by atomic mass is 79.9. The number of hydrogen-bond acceptors (Lipinski definition) is 3. The predicted molar refractivity (Wildman–Crippen MR) is 97.1 cm³/mol. The van der Waals surface area contributed by atoms with Crippen LogP contribution in [0.25, 0.3) is 11.3 Å². The van der Waals surface area contributed by atoms with Gasteiger partial charge in [-0.1, -0.05) is 42.0 Å². The fraction of sp³-hybridized carbons (Fsp3) is 0.118. The molecule has 21 heavy (non-hydrogen) atoms. The third-order valence-corrected chi connectivity index (χ3v) is 3.88.